The number of rotatable bonds is 6. The maximum absolute atomic E-state index is 12.8. The summed E-state index contributed by atoms with van der Waals surface area (Å²) in [6.07, 6.45) is 0. The second kappa shape index (κ2) is 10.6. The number of anilines is 1. The Hall–Kier alpha value is -4.69. The van der Waals surface area contributed by atoms with Crippen molar-refractivity contribution >= 4 is 16.8 Å². The third-order valence-corrected chi connectivity index (χ3v) is 6.81. The molecule has 0 unspecified atom stereocenters. The molecule has 8 heteroatoms. The van der Waals surface area contributed by atoms with E-state index in [1.165, 1.54) is 17.7 Å². The van der Waals surface area contributed by atoms with Crippen molar-refractivity contribution in [2.75, 3.05) is 31.1 Å². The first-order valence-electron chi connectivity index (χ1n) is 12.9. The van der Waals surface area contributed by atoms with Gasteiger partial charge in [-0.2, -0.15) is 4.98 Å². The van der Waals surface area contributed by atoms with Gasteiger partial charge in [0.15, 0.2) is 5.43 Å². The lowest BCUT2D eigenvalue weighted by atomic mass is 10.1. The summed E-state index contributed by atoms with van der Waals surface area (Å²) in [7, 11) is 0. The molecule has 0 spiro atoms. The largest absolute Gasteiger partial charge is 0.507 e. The minimum Gasteiger partial charge on any atom is -0.507 e. The summed E-state index contributed by atoms with van der Waals surface area (Å²) in [5.74, 6) is 2.24. The van der Waals surface area contributed by atoms with E-state index in [1.807, 2.05) is 43.3 Å². The summed E-state index contributed by atoms with van der Waals surface area (Å²) in [6.45, 7) is 6.29. The monoisotopic (exact) mass is 520 g/mol. The quantitative estimate of drug-likeness (QED) is 0.319. The van der Waals surface area contributed by atoms with Crippen LogP contribution in [0.1, 0.15) is 11.4 Å². The van der Waals surface area contributed by atoms with Crippen LogP contribution in [0.15, 0.2) is 94.1 Å². The molecule has 0 saturated carbocycles. The number of phenols is 1. The number of nitrogens with zero attached hydrogens (tertiary/aromatic N) is 4. The molecule has 1 saturated heterocycles. The van der Waals surface area contributed by atoms with Crippen molar-refractivity contribution in [3.63, 3.8) is 0 Å². The van der Waals surface area contributed by atoms with Gasteiger partial charge in [0.05, 0.1) is 0 Å². The van der Waals surface area contributed by atoms with Crippen LogP contribution < -0.4 is 15.1 Å². The summed E-state index contributed by atoms with van der Waals surface area (Å²) in [4.78, 5) is 26.5. The lowest BCUT2D eigenvalue weighted by molar-refractivity contribution is 0.249. The molecule has 0 atom stereocenters. The number of aromatic nitrogens is 2. The summed E-state index contributed by atoms with van der Waals surface area (Å²) < 4.78 is 12.1. The van der Waals surface area contributed by atoms with Gasteiger partial charge in [-0.05, 0) is 12.5 Å². The van der Waals surface area contributed by atoms with Gasteiger partial charge in [-0.1, -0.05) is 60.7 Å². The van der Waals surface area contributed by atoms with Gasteiger partial charge in [0, 0.05) is 62.6 Å². The second-order valence-corrected chi connectivity index (χ2v) is 9.62. The van der Waals surface area contributed by atoms with Crippen LogP contribution in [-0.4, -0.2) is 46.2 Å². The molecule has 1 aliphatic heterocycles. The maximum atomic E-state index is 12.8. The Morgan fingerprint density at radius 2 is 1.62 bits per heavy atom. The van der Waals surface area contributed by atoms with Crippen LogP contribution in [-0.2, 0) is 6.54 Å². The van der Waals surface area contributed by atoms with Crippen molar-refractivity contribution in [3.05, 3.63) is 107 Å². The zero-order valence-corrected chi connectivity index (χ0v) is 21.6. The first-order valence-corrected chi connectivity index (χ1v) is 12.9. The van der Waals surface area contributed by atoms with E-state index >= 15 is 0 Å². The fraction of sp³-hybridized carbons (Fsp3) is 0.194. The first kappa shape index (κ1) is 24.6. The fourth-order valence-electron chi connectivity index (χ4n) is 4.88. The molecule has 0 aliphatic carbocycles. The number of piperazine rings is 1. The van der Waals surface area contributed by atoms with Crippen LogP contribution >= 0.6 is 0 Å². The predicted octanol–water partition coefficient (Wildman–Crippen LogP) is 5.38. The summed E-state index contributed by atoms with van der Waals surface area (Å²) in [5, 5.41) is 10.7. The fourth-order valence-corrected chi connectivity index (χ4v) is 4.88. The van der Waals surface area contributed by atoms with Gasteiger partial charge in [-0.15, -0.1) is 0 Å². The molecule has 0 amide bonds. The molecule has 1 N–H and O–H groups in total. The average molecular weight is 521 g/mol. The average Bonchev–Trinajstić information content (AvgIpc) is 2.94. The molecular formula is C31H28N4O4. The van der Waals surface area contributed by atoms with Gasteiger partial charge in [-0.25, -0.2) is 4.98 Å². The number of fused-ring (bicyclic) bond motifs is 1. The minimum atomic E-state index is -0.328. The van der Waals surface area contributed by atoms with E-state index < -0.39 is 0 Å². The number of aryl methyl sites for hydroxylation is 1. The topological polar surface area (TPSA) is 91.9 Å². The molecule has 0 radical (unpaired) electrons. The lowest BCUT2D eigenvalue weighted by Gasteiger charge is -2.35. The van der Waals surface area contributed by atoms with E-state index in [9.17, 15) is 9.90 Å². The van der Waals surface area contributed by atoms with E-state index in [0.717, 1.165) is 44.1 Å². The molecular weight excluding hydrogens is 492 g/mol. The number of aromatic hydroxyl groups is 1. The van der Waals surface area contributed by atoms with Crippen molar-refractivity contribution < 1.29 is 14.3 Å². The molecule has 39 heavy (non-hydrogen) atoms. The molecule has 3 heterocycles. The molecule has 3 aromatic carbocycles. The Kier molecular flexibility index (Phi) is 6.69. The highest BCUT2D eigenvalue weighted by Gasteiger charge is 2.20. The third-order valence-electron chi connectivity index (χ3n) is 6.81. The zero-order chi connectivity index (χ0) is 26.8. The van der Waals surface area contributed by atoms with Gasteiger partial charge in [0.1, 0.15) is 39.9 Å². The molecule has 2 aromatic heterocycles. The number of phenolic OH excluding ortho intramolecular Hbond substituents is 1. The molecule has 1 fully saturated rings. The molecule has 6 rings (SSSR count). The second-order valence-electron chi connectivity index (χ2n) is 9.62. The van der Waals surface area contributed by atoms with Gasteiger partial charge in [0.2, 0.25) is 5.88 Å². The molecule has 8 nitrogen and oxygen atoms in total. The maximum Gasteiger partial charge on any atom is 0.224 e. The highest BCUT2D eigenvalue weighted by Crippen LogP contribution is 2.33. The SMILES string of the molecule is Cc1nc(Oc2cc(O)c3c(=O)cc(-c4ccccc4)oc3c2)cc(N2CCN(Cc3ccccc3)CC2)n1. The third kappa shape index (κ3) is 5.46. The summed E-state index contributed by atoms with van der Waals surface area (Å²) in [5.41, 5.74) is 1.98. The Morgan fingerprint density at radius 1 is 0.897 bits per heavy atom. The smallest absolute Gasteiger partial charge is 0.224 e. The molecule has 196 valence electrons. The minimum absolute atomic E-state index is 0.106. The van der Waals surface area contributed by atoms with Crippen molar-refractivity contribution in [1.82, 2.24) is 14.9 Å². The summed E-state index contributed by atoms with van der Waals surface area (Å²) >= 11 is 0. The van der Waals surface area contributed by atoms with Crippen LogP contribution in [0.25, 0.3) is 22.3 Å². The Bertz CT molecular complexity index is 1660. The lowest BCUT2D eigenvalue weighted by Crippen LogP contribution is -2.46. The van der Waals surface area contributed by atoms with Gasteiger partial charge in [0.25, 0.3) is 0 Å². The number of hydrogen-bond donors (Lipinski definition) is 1. The Morgan fingerprint density at radius 3 is 2.36 bits per heavy atom. The Balaban J connectivity index is 1.22. The van der Waals surface area contributed by atoms with Crippen LogP contribution in [0, 0.1) is 6.92 Å². The normalized spacial score (nSPS) is 14.0. The van der Waals surface area contributed by atoms with E-state index in [1.54, 1.807) is 12.1 Å². The van der Waals surface area contributed by atoms with E-state index in [-0.39, 0.29) is 22.1 Å². The van der Waals surface area contributed by atoms with Gasteiger partial charge >= 0.3 is 0 Å². The van der Waals surface area contributed by atoms with Crippen molar-refractivity contribution in [2.45, 2.75) is 13.5 Å². The van der Waals surface area contributed by atoms with Gasteiger partial charge in [-0.3, -0.25) is 9.69 Å². The number of hydrogen-bond acceptors (Lipinski definition) is 8. The van der Waals surface area contributed by atoms with E-state index in [4.69, 9.17) is 9.15 Å². The zero-order valence-electron chi connectivity index (χ0n) is 21.6. The highest BCUT2D eigenvalue weighted by molar-refractivity contribution is 5.86. The highest BCUT2D eigenvalue weighted by atomic mass is 16.5. The summed E-state index contributed by atoms with van der Waals surface area (Å²) in [6, 6.07) is 26.0. The number of ether oxygens (including phenoxy) is 1. The van der Waals surface area contributed by atoms with Gasteiger partial charge < -0.3 is 19.2 Å². The van der Waals surface area contributed by atoms with Crippen LogP contribution in [0.5, 0.6) is 17.4 Å². The van der Waals surface area contributed by atoms with Crippen LogP contribution in [0.2, 0.25) is 0 Å². The van der Waals surface area contributed by atoms with Crippen molar-refractivity contribution in [2.24, 2.45) is 0 Å². The molecule has 1 aliphatic rings. The molecule has 0 bridgehead atoms. The standard InChI is InChI=1S/C31H28N4O4/c1-21-32-29(35-14-12-34(13-15-35)20-22-8-4-2-5-9-22)19-30(33-21)38-24-16-25(36)31-26(37)18-27(39-28(31)17-24)23-10-6-3-7-11-23/h2-11,16-19,36H,12-15,20H2,1H3. The van der Waals surface area contributed by atoms with E-state index in [0.29, 0.717) is 23.2 Å². The molecule has 5 aromatic rings. The van der Waals surface area contributed by atoms with Crippen LogP contribution in [0.4, 0.5) is 5.82 Å². The Labute approximate surface area is 225 Å². The first-order chi connectivity index (χ1) is 19.0. The van der Waals surface area contributed by atoms with E-state index in [2.05, 4.69) is 44.0 Å². The van der Waals surface area contributed by atoms with Crippen LogP contribution in [0.3, 0.4) is 0 Å². The predicted molar refractivity (Wildman–Crippen MR) is 150 cm³/mol. The number of benzene rings is 3. The van der Waals surface area contributed by atoms with Crippen molar-refractivity contribution in [3.8, 4) is 28.7 Å². The van der Waals surface area contributed by atoms with Crippen molar-refractivity contribution in [1.29, 1.82) is 0 Å².